The monoisotopic (exact) mass is 323 g/mol. The Morgan fingerprint density at radius 2 is 1.79 bits per heavy atom. The minimum atomic E-state index is -0.257. The quantitative estimate of drug-likeness (QED) is 0.866. The third-order valence-electron chi connectivity index (χ3n) is 5.06. The number of hydrogen-bond donors (Lipinski definition) is 0. The summed E-state index contributed by atoms with van der Waals surface area (Å²) in [6, 6.07) is 20.6. The summed E-state index contributed by atoms with van der Waals surface area (Å²) in [5, 5.41) is 0. The van der Waals surface area contributed by atoms with Crippen LogP contribution in [0.5, 0.6) is 0 Å². The molecule has 0 unspecified atom stereocenters. The van der Waals surface area contributed by atoms with Gasteiger partial charge in [0.1, 0.15) is 6.10 Å². The summed E-state index contributed by atoms with van der Waals surface area (Å²) >= 11 is 0. The normalized spacial score (nSPS) is 28.1. The summed E-state index contributed by atoms with van der Waals surface area (Å²) in [4.78, 5) is 14.3. The third kappa shape index (κ3) is 2.57. The molecule has 4 rings (SSSR count). The lowest BCUT2D eigenvalue weighted by molar-refractivity contribution is -0.162. The largest absolute Gasteiger partial charge is 0.453 e. The van der Waals surface area contributed by atoms with E-state index < -0.39 is 0 Å². The minimum absolute atomic E-state index is 0.0592. The first-order valence-corrected chi connectivity index (χ1v) is 8.38. The number of amides is 1. The number of hydrogen-bond acceptors (Lipinski definition) is 3. The predicted octanol–water partition coefficient (Wildman–Crippen LogP) is 3.58. The predicted molar refractivity (Wildman–Crippen MR) is 90.6 cm³/mol. The van der Waals surface area contributed by atoms with Crippen molar-refractivity contribution in [2.45, 2.75) is 37.1 Å². The van der Waals surface area contributed by atoms with E-state index >= 15 is 0 Å². The highest BCUT2D eigenvalue weighted by atomic mass is 16.6. The van der Waals surface area contributed by atoms with E-state index in [-0.39, 0.29) is 30.4 Å². The van der Waals surface area contributed by atoms with Gasteiger partial charge in [0.2, 0.25) is 0 Å². The SMILES string of the molecule is COC(=O)N1[C@H](Cc2ccccc2)C[C@H]2O[C@@H](c3ccccc3)[C@H]21. The Bertz CT molecular complexity index is 703. The Kier molecular flexibility index (Phi) is 3.98. The molecule has 2 heterocycles. The maximum Gasteiger partial charge on any atom is 0.410 e. The molecule has 4 atom stereocenters. The summed E-state index contributed by atoms with van der Waals surface area (Å²) in [5.41, 5.74) is 2.35. The molecule has 0 spiro atoms. The molecule has 0 aromatic heterocycles. The average Bonchev–Trinajstić information content (AvgIpc) is 2.88. The molecule has 4 nitrogen and oxygen atoms in total. The van der Waals surface area contributed by atoms with E-state index in [4.69, 9.17) is 9.47 Å². The van der Waals surface area contributed by atoms with Crippen LogP contribution in [-0.4, -0.2) is 36.3 Å². The fourth-order valence-corrected chi connectivity index (χ4v) is 3.96. The van der Waals surface area contributed by atoms with E-state index in [9.17, 15) is 4.79 Å². The number of carbonyl (C=O) groups excluding carboxylic acids is 1. The molecule has 2 saturated heterocycles. The number of rotatable bonds is 3. The first-order chi connectivity index (χ1) is 11.8. The zero-order valence-corrected chi connectivity index (χ0v) is 13.7. The van der Waals surface area contributed by atoms with Crippen LogP contribution in [0.4, 0.5) is 4.79 Å². The molecule has 1 amide bonds. The van der Waals surface area contributed by atoms with Crippen LogP contribution in [0.2, 0.25) is 0 Å². The van der Waals surface area contributed by atoms with Crippen LogP contribution in [0, 0.1) is 0 Å². The fourth-order valence-electron chi connectivity index (χ4n) is 3.96. The molecule has 2 aromatic rings. The number of fused-ring (bicyclic) bond motifs is 1. The van der Waals surface area contributed by atoms with Crippen LogP contribution < -0.4 is 0 Å². The summed E-state index contributed by atoms with van der Waals surface area (Å²) in [5.74, 6) is 0. The van der Waals surface area contributed by atoms with E-state index in [0.717, 1.165) is 18.4 Å². The molecule has 2 aliphatic rings. The number of carbonyl (C=O) groups is 1. The van der Waals surface area contributed by atoms with Crippen molar-refractivity contribution in [3.05, 3.63) is 71.8 Å². The van der Waals surface area contributed by atoms with E-state index in [1.54, 1.807) is 0 Å². The Hall–Kier alpha value is -2.33. The molecule has 0 N–H and O–H groups in total. The lowest BCUT2D eigenvalue weighted by atomic mass is 9.92. The van der Waals surface area contributed by atoms with E-state index in [0.29, 0.717) is 0 Å². The van der Waals surface area contributed by atoms with Crippen LogP contribution in [-0.2, 0) is 15.9 Å². The molecule has 0 bridgehead atoms. The second-order valence-electron chi connectivity index (χ2n) is 6.45. The van der Waals surface area contributed by atoms with Crippen molar-refractivity contribution in [3.63, 3.8) is 0 Å². The topological polar surface area (TPSA) is 38.8 Å². The number of methoxy groups -OCH3 is 1. The van der Waals surface area contributed by atoms with Gasteiger partial charge < -0.3 is 9.47 Å². The van der Waals surface area contributed by atoms with Gasteiger partial charge in [-0.15, -0.1) is 0 Å². The minimum Gasteiger partial charge on any atom is -0.453 e. The standard InChI is InChI=1S/C20H21NO3/c1-23-20(22)21-16(12-14-8-4-2-5-9-14)13-17-18(21)19(24-17)15-10-6-3-7-11-15/h2-11,16-19H,12-13H2,1H3/t16-,17-,18+,19+/m1/s1. The molecule has 2 aromatic carbocycles. The first kappa shape index (κ1) is 15.2. The van der Waals surface area contributed by atoms with E-state index in [1.165, 1.54) is 12.7 Å². The fraction of sp³-hybridized carbons (Fsp3) is 0.350. The maximum atomic E-state index is 12.4. The molecular formula is C20H21NO3. The van der Waals surface area contributed by atoms with Gasteiger partial charge in [0.05, 0.1) is 19.3 Å². The molecule has 24 heavy (non-hydrogen) atoms. The van der Waals surface area contributed by atoms with Gasteiger partial charge in [0.25, 0.3) is 0 Å². The third-order valence-corrected chi connectivity index (χ3v) is 5.06. The molecule has 0 radical (unpaired) electrons. The van der Waals surface area contributed by atoms with Crippen molar-refractivity contribution in [2.75, 3.05) is 7.11 Å². The lowest BCUT2D eigenvalue weighted by Gasteiger charge is -2.44. The Balaban J connectivity index is 1.58. The molecule has 124 valence electrons. The lowest BCUT2D eigenvalue weighted by Crippen LogP contribution is -2.54. The Morgan fingerprint density at radius 1 is 1.12 bits per heavy atom. The highest BCUT2D eigenvalue weighted by Gasteiger charge is 2.56. The smallest absolute Gasteiger partial charge is 0.410 e. The van der Waals surface area contributed by atoms with Gasteiger partial charge in [-0.3, -0.25) is 4.90 Å². The van der Waals surface area contributed by atoms with Crippen LogP contribution in [0.25, 0.3) is 0 Å². The van der Waals surface area contributed by atoms with Gasteiger partial charge in [0, 0.05) is 6.04 Å². The highest BCUT2D eigenvalue weighted by molar-refractivity contribution is 5.69. The van der Waals surface area contributed by atoms with Gasteiger partial charge in [0.15, 0.2) is 0 Å². The molecule has 0 aliphatic carbocycles. The molecule has 2 fully saturated rings. The van der Waals surface area contributed by atoms with Gasteiger partial charge >= 0.3 is 6.09 Å². The second-order valence-corrected chi connectivity index (χ2v) is 6.45. The molecular weight excluding hydrogens is 302 g/mol. The first-order valence-electron chi connectivity index (χ1n) is 8.38. The summed E-state index contributed by atoms with van der Waals surface area (Å²) in [6.45, 7) is 0. The molecule has 2 aliphatic heterocycles. The maximum absolute atomic E-state index is 12.4. The van der Waals surface area contributed by atoms with Crippen molar-refractivity contribution < 1.29 is 14.3 Å². The van der Waals surface area contributed by atoms with E-state index in [1.807, 2.05) is 41.3 Å². The number of ether oxygens (including phenoxy) is 2. The number of likely N-dealkylation sites (tertiary alicyclic amines) is 1. The van der Waals surface area contributed by atoms with E-state index in [2.05, 4.69) is 24.3 Å². The zero-order chi connectivity index (χ0) is 16.5. The van der Waals surface area contributed by atoms with Gasteiger partial charge in [-0.05, 0) is 24.0 Å². The van der Waals surface area contributed by atoms with Crippen LogP contribution >= 0.6 is 0 Å². The van der Waals surface area contributed by atoms with Crippen molar-refractivity contribution >= 4 is 6.09 Å². The molecule has 4 heteroatoms. The highest BCUT2D eigenvalue weighted by Crippen LogP contribution is 2.47. The average molecular weight is 323 g/mol. The van der Waals surface area contributed by atoms with Crippen molar-refractivity contribution in [2.24, 2.45) is 0 Å². The van der Waals surface area contributed by atoms with Gasteiger partial charge in [-0.2, -0.15) is 0 Å². The molecule has 0 saturated carbocycles. The number of benzene rings is 2. The summed E-state index contributed by atoms with van der Waals surface area (Å²) < 4.78 is 11.2. The van der Waals surface area contributed by atoms with Gasteiger partial charge in [-0.25, -0.2) is 4.79 Å². The van der Waals surface area contributed by atoms with Gasteiger partial charge in [-0.1, -0.05) is 60.7 Å². The number of nitrogens with zero attached hydrogens (tertiary/aromatic N) is 1. The van der Waals surface area contributed by atoms with Crippen molar-refractivity contribution in [1.82, 2.24) is 4.90 Å². The Labute approximate surface area is 142 Å². The Morgan fingerprint density at radius 3 is 2.46 bits per heavy atom. The van der Waals surface area contributed by atoms with Crippen molar-refractivity contribution in [3.8, 4) is 0 Å². The second kappa shape index (κ2) is 6.29. The summed E-state index contributed by atoms with van der Waals surface area (Å²) in [7, 11) is 1.45. The van der Waals surface area contributed by atoms with Crippen LogP contribution in [0.1, 0.15) is 23.7 Å². The zero-order valence-electron chi connectivity index (χ0n) is 13.7. The van der Waals surface area contributed by atoms with Crippen LogP contribution in [0.3, 0.4) is 0 Å². The summed E-state index contributed by atoms with van der Waals surface area (Å²) in [6.07, 6.45) is 1.47. The van der Waals surface area contributed by atoms with Crippen molar-refractivity contribution in [1.29, 1.82) is 0 Å². The van der Waals surface area contributed by atoms with Crippen LogP contribution in [0.15, 0.2) is 60.7 Å².